The summed E-state index contributed by atoms with van der Waals surface area (Å²) in [6.07, 6.45) is 0. The number of aryl methyl sites for hydroxylation is 1. The van der Waals surface area contributed by atoms with E-state index in [1.54, 1.807) is 6.07 Å². The van der Waals surface area contributed by atoms with Gasteiger partial charge in [-0.15, -0.1) is 0 Å². The molecule has 2 heterocycles. The van der Waals surface area contributed by atoms with Gasteiger partial charge < -0.3 is 14.8 Å². The number of para-hydroxylation sites is 3. The number of aromatic amines is 1. The lowest BCUT2D eigenvalue weighted by molar-refractivity contribution is -0.140. The Morgan fingerprint density at radius 3 is 2.68 bits per heavy atom. The molecule has 0 aliphatic rings. The number of hydrogen-bond donors (Lipinski definition) is 2. The molecule has 0 bridgehead atoms. The number of rotatable bonds is 6. The van der Waals surface area contributed by atoms with E-state index in [0.29, 0.717) is 10.5 Å². The van der Waals surface area contributed by atoms with Crippen molar-refractivity contribution in [3.8, 4) is 6.07 Å². The summed E-state index contributed by atoms with van der Waals surface area (Å²) >= 11 is 1.26. The minimum absolute atomic E-state index is 0.0323. The number of nitriles is 1. The molecular formula is C23H18N4O3S. The van der Waals surface area contributed by atoms with Crippen molar-refractivity contribution in [3.05, 3.63) is 71.7 Å². The second-order valence-corrected chi connectivity index (χ2v) is 7.78. The average Bonchev–Trinajstić information content (AvgIpc) is 3.20. The number of nitrogens with zero attached hydrogens (tertiary/aromatic N) is 3. The van der Waals surface area contributed by atoms with Crippen molar-refractivity contribution < 1.29 is 14.6 Å². The molecule has 2 N–H and O–H groups in total. The van der Waals surface area contributed by atoms with Crippen LogP contribution in [0.3, 0.4) is 0 Å². The van der Waals surface area contributed by atoms with Crippen LogP contribution in [0.25, 0.3) is 27.5 Å². The maximum Gasteiger partial charge on any atom is 0.316 e. The fourth-order valence-electron chi connectivity index (χ4n) is 3.11. The molecule has 0 spiro atoms. The third kappa shape index (κ3) is 4.52. The van der Waals surface area contributed by atoms with Crippen LogP contribution in [0.1, 0.15) is 11.4 Å². The minimum Gasteiger partial charge on any atom is -0.507 e. The topological polar surface area (TPSA) is 112 Å². The van der Waals surface area contributed by atoms with Gasteiger partial charge in [0.2, 0.25) is 0 Å². The SMILES string of the molecule is Cc1cc(SCC(=O)OCC(O)=C(C#N)c2nc3ccccc3[nH]2)nc2ccccc12. The Balaban J connectivity index is 1.40. The molecule has 0 saturated heterocycles. The molecule has 0 aliphatic heterocycles. The normalized spacial score (nSPS) is 11.9. The van der Waals surface area contributed by atoms with Crippen molar-refractivity contribution in [1.82, 2.24) is 15.0 Å². The van der Waals surface area contributed by atoms with Crippen molar-refractivity contribution in [2.45, 2.75) is 11.9 Å². The highest BCUT2D eigenvalue weighted by Gasteiger charge is 2.15. The number of allylic oxidation sites excluding steroid dienone is 1. The summed E-state index contributed by atoms with van der Waals surface area (Å²) in [4.78, 5) is 24.0. The number of nitrogens with one attached hydrogen (secondary N) is 1. The minimum atomic E-state index is -0.522. The third-order valence-corrected chi connectivity index (χ3v) is 5.52. The van der Waals surface area contributed by atoms with Crippen LogP contribution in [-0.4, -0.2) is 38.4 Å². The molecule has 4 rings (SSSR count). The van der Waals surface area contributed by atoms with E-state index in [2.05, 4.69) is 15.0 Å². The second kappa shape index (κ2) is 8.90. The van der Waals surface area contributed by atoms with E-state index in [1.165, 1.54) is 11.8 Å². The number of benzene rings is 2. The van der Waals surface area contributed by atoms with Gasteiger partial charge in [0, 0.05) is 5.39 Å². The van der Waals surface area contributed by atoms with Crippen LogP contribution in [0.4, 0.5) is 0 Å². The van der Waals surface area contributed by atoms with Gasteiger partial charge in [-0.3, -0.25) is 4.79 Å². The molecule has 0 aliphatic carbocycles. The summed E-state index contributed by atoms with van der Waals surface area (Å²) < 4.78 is 5.13. The maximum absolute atomic E-state index is 12.1. The zero-order valence-electron chi connectivity index (χ0n) is 16.6. The van der Waals surface area contributed by atoms with Gasteiger partial charge in [-0.1, -0.05) is 42.1 Å². The van der Waals surface area contributed by atoms with Crippen molar-refractivity contribution in [3.63, 3.8) is 0 Å². The van der Waals surface area contributed by atoms with Gasteiger partial charge in [-0.2, -0.15) is 5.26 Å². The zero-order valence-corrected chi connectivity index (χ0v) is 17.4. The highest BCUT2D eigenvalue weighted by atomic mass is 32.2. The Morgan fingerprint density at radius 2 is 1.90 bits per heavy atom. The number of ether oxygens (including phenoxy) is 1. The van der Waals surface area contributed by atoms with Crippen LogP contribution < -0.4 is 0 Å². The summed E-state index contributed by atoms with van der Waals surface area (Å²) in [6, 6.07) is 18.9. The number of carbonyl (C=O) groups is 1. The Kier molecular flexibility index (Phi) is 5.87. The highest BCUT2D eigenvalue weighted by molar-refractivity contribution is 7.99. The van der Waals surface area contributed by atoms with E-state index >= 15 is 0 Å². The fraction of sp³-hybridized carbons (Fsp3) is 0.130. The number of aliphatic hydroxyl groups is 1. The van der Waals surface area contributed by atoms with Crippen molar-refractivity contribution in [2.24, 2.45) is 0 Å². The van der Waals surface area contributed by atoms with Gasteiger partial charge in [-0.05, 0) is 36.8 Å². The molecule has 2 aromatic carbocycles. The highest BCUT2D eigenvalue weighted by Crippen LogP contribution is 2.24. The molecular weight excluding hydrogens is 412 g/mol. The van der Waals surface area contributed by atoms with Crippen LogP contribution in [0.5, 0.6) is 0 Å². The van der Waals surface area contributed by atoms with Crippen LogP contribution in [0.15, 0.2) is 65.4 Å². The average molecular weight is 430 g/mol. The van der Waals surface area contributed by atoms with E-state index in [4.69, 9.17) is 4.74 Å². The Bertz CT molecular complexity index is 1320. The smallest absolute Gasteiger partial charge is 0.316 e. The predicted molar refractivity (Wildman–Crippen MR) is 119 cm³/mol. The number of hydrogen-bond acceptors (Lipinski definition) is 7. The third-order valence-electron chi connectivity index (χ3n) is 4.63. The molecule has 4 aromatic rings. The molecule has 0 radical (unpaired) electrons. The number of imidazole rings is 1. The molecule has 0 atom stereocenters. The first-order valence-electron chi connectivity index (χ1n) is 9.47. The van der Waals surface area contributed by atoms with Gasteiger partial charge >= 0.3 is 5.97 Å². The number of pyridine rings is 1. The number of aliphatic hydroxyl groups excluding tert-OH is 1. The first-order valence-corrected chi connectivity index (χ1v) is 10.5. The molecule has 154 valence electrons. The molecule has 2 aromatic heterocycles. The lowest BCUT2D eigenvalue weighted by Gasteiger charge is -2.07. The summed E-state index contributed by atoms with van der Waals surface area (Å²) in [6.45, 7) is 1.58. The van der Waals surface area contributed by atoms with E-state index in [1.807, 2.05) is 61.5 Å². The molecule has 0 fully saturated rings. The largest absolute Gasteiger partial charge is 0.507 e. The molecule has 0 saturated carbocycles. The fourth-order valence-corrected chi connectivity index (χ4v) is 3.89. The van der Waals surface area contributed by atoms with Gasteiger partial charge in [-0.25, -0.2) is 9.97 Å². The van der Waals surface area contributed by atoms with Crippen LogP contribution in [0.2, 0.25) is 0 Å². The Hall–Kier alpha value is -3.83. The van der Waals surface area contributed by atoms with E-state index in [0.717, 1.165) is 22.0 Å². The number of thioether (sulfide) groups is 1. The number of H-pyrrole nitrogens is 1. The van der Waals surface area contributed by atoms with Gasteiger partial charge in [0.15, 0.2) is 11.6 Å². The summed E-state index contributed by atoms with van der Waals surface area (Å²) in [5, 5.41) is 21.5. The standard InChI is InChI=1S/C23H18N4O3S/c1-14-10-21(25-17-7-3-2-6-15(14)17)31-13-22(29)30-12-20(28)16(11-24)23-26-18-8-4-5-9-19(18)27-23/h2-10,28H,12-13H2,1H3,(H,26,27). The molecule has 7 nitrogen and oxygen atoms in total. The van der Waals surface area contributed by atoms with Crippen LogP contribution in [0, 0.1) is 18.3 Å². The van der Waals surface area contributed by atoms with Gasteiger partial charge in [0.1, 0.15) is 18.2 Å². The maximum atomic E-state index is 12.1. The number of carbonyl (C=O) groups excluding carboxylic acids is 1. The predicted octanol–water partition coefficient (Wildman–Crippen LogP) is 4.55. The lowest BCUT2D eigenvalue weighted by atomic mass is 10.1. The summed E-state index contributed by atoms with van der Waals surface area (Å²) in [5.41, 5.74) is 3.28. The van der Waals surface area contributed by atoms with Crippen molar-refractivity contribution in [2.75, 3.05) is 12.4 Å². The number of aromatic nitrogens is 3. The van der Waals surface area contributed by atoms with E-state index in [-0.39, 0.29) is 22.9 Å². The van der Waals surface area contributed by atoms with E-state index < -0.39 is 12.6 Å². The van der Waals surface area contributed by atoms with Crippen molar-refractivity contribution in [1.29, 1.82) is 5.26 Å². The van der Waals surface area contributed by atoms with Crippen LogP contribution >= 0.6 is 11.8 Å². The molecule has 8 heteroatoms. The molecule has 0 amide bonds. The Labute approximate surface area is 182 Å². The summed E-state index contributed by atoms with van der Waals surface area (Å²) in [5.74, 6) is -0.627. The van der Waals surface area contributed by atoms with Gasteiger partial charge in [0.05, 0.1) is 27.3 Å². The van der Waals surface area contributed by atoms with Crippen molar-refractivity contribution >= 4 is 45.2 Å². The lowest BCUT2D eigenvalue weighted by Crippen LogP contribution is -2.11. The summed E-state index contributed by atoms with van der Waals surface area (Å²) in [7, 11) is 0. The molecule has 31 heavy (non-hydrogen) atoms. The number of esters is 1. The van der Waals surface area contributed by atoms with E-state index in [9.17, 15) is 15.2 Å². The first kappa shape index (κ1) is 20.4. The second-order valence-electron chi connectivity index (χ2n) is 6.78. The molecule has 0 unspecified atom stereocenters. The number of fused-ring (bicyclic) bond motifs is 2. The first-order chi connectivity index (χ1) is 15.0. The Morgan fingerprint density at radius 1 is 1.16 bits per heavy atom. The van der Waals surface area contributed by atoms with Crippen LogP contribution in [-0.2, 0) is 9.53 Å². The van der Waals surface area contributed by atoms with Gasteiger partial charge in [0.25, 0.3) is 0 Å². The monoisotopic (exact) mass is 430 g/mol. The zero-order chi connectivity index (χ0) is 21.8. The quantitative estimate of drug-likeness (QED) is 0.200.